The molecule has 2 aromatic rings. The molecule has 0 spiro atoms. The molecule has 0 radical (unpaired) electrons. The van der Waals surface area contributed by atoms with Crippen LogP contribution in [0.4, 0.5) is 5.69 Å². The third-order valence-electron chi connectivity index (χ3n) is 4.57. The van der Waals surface area contributed by atoms with Crippen LogP contribution in [0.3, 0.4) is 0 Å². The van der Waals surface area contributed by atoms with Gasteiger partial charge in [0.2, 0.25) is 0 Å². The minimum atomic E-state index is -0.428. The van der Waals surface area contributed by atoms with Gasteiger partial charge in [-0.2, -0.15) is 0 Å². The number of ether oxygens (including phenoxy) is 1. The Balaban J connectivity index is 1.58. The zero-order valence-corrected chi connectivity index (χ0v) is 14.6. The second kappa shape index (κ2) is 8.17. The summed E-state index contributed by atoms with van der Waals surface area (Å²) in [6.45, 7) is 2.11. The summed E-state index contributed by atoms with van der Waals surface area (Å²) in [5, 5.41) is 12.9. The summed E-state index contributed by atoms with van der Waals surface area (Å²) in [6.07, 6.45) is 4.32. The number of rotatable bonds is 6. The van der Waals surface area contributed by atoms with Crippen molar-refractivity contribution in [3.8, 4) is 5.75 Å². The molecule has 3 rings (SSSR count). The van der Waals surface area contributed by atoms with Crippen LogP contribution in [-0.4, -0.2) is 17.6 Å². The van der Waals surface area contributed by atoms with E-state index in [1.54, 1.807) is 0 Å². The Hall–Kier alpha value is -2.33. The number of hydrogen-bond donors (Lipinski definition) is 2. The van der Waals surface area contributed by atoms with Crippen molar-refractivity contribution in [2.45, 2.75) is 45.1 Å². The van der Waals surface area contributed by atoms with E-state index in [2.05, 4.69) is 12.2 Å². The highest BCUT2D eigenvalue weighted by Crippen LogP contribution is 2.35. The number of carbonyl (C=O) groups is 1. The molecule has 0 aliphatic heterocycles. The van der Waals surface area contributed by atoms with Gasteiger partial charge in [0.05, 0.1) is 6.10 Å². The smallest absolute Gasteiger partial charge is 0.262 e. The fourth-order valence-corrected chi connectivity index (χ4v) is 3.31. The highest BCUT2D eigenvalue weighted by atomic mass is 16.5. The number of amides is 1. The maximum absolute atomic E-state index is 12.1. The van der Waals surface area contributed by atoms with Gasteiger partial charge >= 0.3 is 0 Å². The molecule has 4 heteroatoms. The normalized spacial score (nSPS) is 16.2. The molecular formula is C21H25NO3. The molecule has 1 aliphatic carbocycles. The molecule has 0 fully saturated rings. The van der Waals surface area contributed by atoms with Crippen LogP contribution in [0.1, 0.15) is 49.0 Å². The lowest BCUT2D eigenvalue weighted by molar-refractivity contribution is -0.118. The highest BCUT2D eigenvalue weighted by Gasteiger charge is 2.21. The topological polar surface area (TPSA) is 58.6 Å². The first-order valence-corrected chi connectivity index (χ1v) is 8.99. The van der Waals surface area contributed by atoms with Crippen molar-refractivity contribution < 1.29 is 14.6 Å². The second-order valence-electron chi connectivity index (χ2n) is 6.52. The summed E-state index contributed by atoms with van der Waals surface area (Å²) < 4.78 is 5.73. The fraction of sp³-hybridized carbons (Fsp3) is 0.381. The van der Waals surface area contributed by atoms with Crippen LogP contribution < -0.4 is 10.1 Å². The van der Waals surface area contributed by atoms with Crippen LogP contribution in [0, 0.1) is 0 Å². The largest absolute Gasteiger partial charge is 0.483 e. The standard InChI is InChI=1S/C21H25NO3/c1-2-5-15-10-12-16(13-11-15)22-21(24)14-25-20-9-4-6-17-18(20)7-3-8-19(17)23/h4,6,9-13,19,23H,2-3,5,7-8,14H2,1H3,(H,22,24)/t19-/m1/s1. The SMILES string of the molecule is CCCc1ccc(NC(=O)COc2cccc3c2CCC[C@H]3O)cc1. The van der Waals surface area contributed by atoms with Crippen LogP contribution in [0.2, 0.25) is 0 Å². The average molecular weight is 339 g/mol. The molecule has 2 N–H and O–H groups in total. The molecular weight excluding hydrogens is 314 g/mol. The summed E-state index contributed by atoms with van der Waals surface area (Å²) in [5.74, 6) is 0.516. The molecule has 0 aromatic heterocycles. The molecule has 2 aromatic carbocycles. The number of benzene rings is 2. The number of hydrogen-bond acceptors (Lipinski definition) is 3. The summed E-state index contributed by atoms with van der Waals surface area (Å²) in [7, 11) is 0. The van der Waals surface area contributed by atoms with Gasteiger partial charge in [0.1, 0.15) is 5.75 Å². The van der Waals surface area contributed by atoms with Gasteiger partial charge in [0.15, 0.2) is 6.61 Å². The lowest BCUT2D eigenvalue weighted by Crippen LogP contribution is -2.21. The van der Waals surface area contributed by atoms with Gasteiger partial charge in [-0.05, 0) is 60.6 Å². The van der Waals surface area contributed by atoms with E-state index in [9.17, 15) is 9.90 Å². The van der Waals surface area contributed by atoms with Crippen molar-refractivity contribution in [1.82, 2.24) is 0 Å². The number of nitrogens with one attached hydrogen (secondary N) is 1. The Morgan fingerprint density at radius 3 is 2.80 bits per heavy atom. The van der Waals surface area contributed by atoms with Gasteiger partial charge < -0.3 is 15.2 Å². The Morgan fingerprint density at radius 2 is 2.04 bits per heavy atom. The van der Waals surface area contributed by atoms with Crippen LogP contribution in [-0.2, 0) is 17.6 Å². The second-order valence-corrected chi connectivity index (χ2v) is 6.52. The Labute approximate surface area is 148 Å². The first-order chi connectivity index (χ1) is 12.2. The van der Waals surface area contributed by atoms with Crippen molar-refractivity contribution in [2.75, 3.05) is 11.9 Å². The van der Waals surface area contributed by atoms with Gasteiger partial charge in [-0.1, -0.05) is 37.6 Å². The fourth-order valence-electron chi connectivity index (χ4n) is 3.31. The van der Waals surface area contributed by atoms with E-state index < -0.39 is 6.10 Å². The summed E-state index contributed by atoms with van der Waals surface area (Å²) in [4.78, 5) is 12.1. The molecule has 1 aliphatic rings. The molecule has 0 saturated heterocycles. The average Bonchev–Trinajstić information content (AvgIpc) is 2.62. The Bertz CT molecular complexity index is 724. The zero-order chi connectivity index (χ0) is 17.6. The maximum Gasteiger partial charge on any atom is 0.262 e. The van der Waals surface area contributed by atoms with E-state index >= 15 is 0 Å². The van der Waals surface area contributed by atoms with Crippen LogP contribution >= 0.6 is 0 Å². The first kappa shape index (κ1) is 17.5. The van der Waals surface area contributed by atoms with Gasteiger partial charge in [-0.25, -0.2) is 0 Å². The predicted molar refractivity (Wildman–Crippen MR) is 98.9 cm³/mol. The van der Waals surface area contributed by atoms with Crippen LogP contribution in [0.15, 0.2) is 42.5 Å². The van der Waals surface area contributed by atoms with E-state index in [4.69, 9.17) is 4.74 Å². The van der Waals surface area contributed by atoms with Crippen molar-refractivity contribution in [3.05, 3.63) is 59.2 Å². The summed E-state index contributed by atoms with van der Waals surface area (Å²) in [6, 6.07) is 13.6. The minimum absolute atomic E-state index is 0.0384. The van der Waals surface area contributed by atoms with Gasteiger partial charge in [-0.15, -0.1) is 0 Å². The molecule has 0 heterocycles. The summed E-state index contributed by atoms with van der Waals surface area (Å²) in [5.41, 5.74) is 4.00. The first-order valence-electron chi connectivity index (χ1n) is 8.99. The number of fused-ring (bicyclic) bond motifs is 1. The summed E-state index contributed by atoms with van der Waals surface area (Å²) >= 11 is 0. The molecule has 132 valence electrons. The molecule has 1 atom stereocenters. The molecule has 0 unspecified atom stereocenters. The number of aliphatic hydroxyl groups excluding tert-OH is 1. The molecule has 4 nitrogen and oxygen atoms in total. The zero-order valence-electron chi connectivity index (χ0n) is 14.6. The van der Waals surface area contributed by atoms with Crippen molar-refractivity contribution in [3.63, 3.8) is 0 Å². The molecule has 0 saturated carbocycles. The molecule has 0 bridgehead atoms. The maximum atomic E-state index is 12.1. The lowest BCUT2D eigenvalue weighted by atomic mass is 9.89. The number of aryl methyl sites for hydroxylation is 1. The molecule has 25 heavy (non-hydrogen) atoms. The van der Waals surface area contributed by atoms with Crippen molar-refractivity contribution in [2.24, 2.45) is 0 Å². The van der Waals surface area contributed by atoms with Crippen LogP contribution in [0.5, 0.6) is 5.75 Å². The van der Waals surface area contributed by atoms with E-state index in [0.29, 0.717) is 5.75 Å². The van der Waals surface area contributed by atoms with E-state index in [1.165, 1.54) is 5.56 Å². The third-order valence-corrected chi connectivity index (χ3v) is 4.57. The van der Waals surface area contributed by atoms with Crippen LogP contribution in [0.25, 0.3) is 0 Å². The quantitative estimate of drug-likeness (QED) is 0.835. The van der Waals surface area contributed by atoms with Crippen molar-refractivity contribution >= 4 is 11.6 Å². The Morgan fingerprint density at radius 1 is 1.24 bits per heavy atom. The lowest BCUT2D eigenvalue weighted by Gasteiger charge is -2.23. The number of aliphatic hydroxyl groups is 1. The van der Waals surface area contributed by atoms with Gasteiger partial charge in [0.25, 0.3) is 5.91 Å². The third kappa shape index (κ3) is 4.40. The highest BCUT2D eigenvalue weighted by molar-refractivity contribution is 5.91. The molecule has 1 amide bonds. The minimum Gasteiger partial charge on any atom is -0.483 e. The van der Waals surface area contributed by atoms with E-state index in [-0.39, 0.29) is 12.5 Å². The van der Waals surface area contributed by atoms with E-state index in [1.807, 2.05) is 42.5 Å². The Kier molecular flexibility index (Phi) is 5.71. The monoisotopic (exact) mass is 339 g/mol. The number of carbonyl (C=O) groups excluding carboxylic acids is 1. The predicted octanol–water partition coefficient (Wildman–Crippen LogP) is 4.03. The number of anilines is 1. The van der Waals surface area contributed by atoms with Gasteiger partial charge in [0, 0.05) is 5.69 Å². The van der Waals surface area contributed by atoms with Gasteiger partial charge in [-0.3, -0.25) is 4.79 Å². The van der Waals surface area contributed by atoms with E-state index in [0.717, 1.165) is 48.9 Å². The van der Waals surface area contributed by atoms with Crippen molar-refractivity contribution in [1.29, 1.82) is 0 Å².